The van der Waals surface area contributed by atoms with Crippen molar-refractivity contribution in [3.05, 3.63) is 11.6 Å². The summed E-state index contributed by atoms with van der Waals surface area (Å²) < 4.78 is 17.3. The molecule has 8 heteroatoms. The number of aliphatic hydroxyl groups excluding tert-OH is 1. The fourth-order valence-electron chi connectivity index (χ4n) is 1.38. The first-order valence-corrected chi connectivity index (χ1v) is 8.22. The van der Waals surface area contributed by atoms with Crippen LogP contribution in [-0.2, 0) is 18.9 Å². The molecule has 21 heavy (non-hydrogen) atoms. The topological polar surface area (TPSA) is 101 Å². The van der Waals surface area contributed by atoms with E-state index in [4.69, 9.17) is 10.2 Å². The number of rotatable bonds is 10. The maximum absolute atomic E-state index is 11.9. The van der Waals surface area contributed by atoms with Crippen molar-refractivity contribution in [3.63, 3.8) is 0 Å². The Labute approximate surface area is 125 Å². The zero-order valence-electron chi connectivity index (χ0n) is 12.7. The van der Waals surface area contributed by atoms with Crippen LogP contribution in [0.15, 0.2) is 11.6 Å². The van der Waals surface area contributed by atoms with Gasteiger partial charge in [-0.05, 0) is 0 Å². The van der Waals surface area contributed by atoms with E-state index in [0.717, 1.165) is 12.6 Å². The molecule has 0 rings (SSSR count). The number of hydrogen-bond donors (Lipinski definition) is 2. The maximum Gasteiger partial charge on any atom is 0.344 e. The Hall–Kier alpha value is -1.30. The summed E-state index contributed by atoms with van der Waals surface area (Å²) in [6, 6.07) is 0. The number of ether oxygens (including phenoxy) is 1. The van der Waals surface area contributed by atoms with Gasteiger partial charge in [-0.3, -0.25) is 0 Å². The molecular weight excluding hydrogens is 297 g/mol. The molecule has 0 bridgehead atoms. The van der Waals surface area contributed by atoms with E-state index in [0.29, 0.717) is 10.6 Å². The lowest BCUT2D eigenvalue weighted by molar-refractivity contribution is -0.867. The molecule has 0 aliphatic carbocycles. The first-order valence-electron chi connectivity index (χ1n) is 6.59. The van der Waals surface area contributed by atoms with Crippen molar-refractivity contribution in [3.8, 4) is 0 Å². The molecule has 0 saturated carbocycles. The van der Waals surface area contributed by atoms with Gasteiger partial charge in [0.15, 0.2) is 12.3 Å². The number of nitrogens with zero attached hydrogens (tertiary/aromatic N) is 1. The molecule has 0 fully saturated rings. The van der Waals surface area contributed by atoms with Crippen LogP contribution in [0, 0.1) is 0 Å². The predicted octanol–water partition coefficient (Wildman–Crippen LogP) is 0.457. The van der Waals surface area contributed by atoms with Crippen molar-refractivity contribution in [2.24, 2.45) is 0 Å². The molecule has 0 aromatic heterocycles. The molecule has 0 aliphatic rings. The van der Waals surface area contributed by atoms with Gasteiger partial charge in [-0.2, -0.15) is 0 Å². The van der Waals surface area contributed by atoms with E-state index in [9.17, 15) is 14.2 Å². The second-order valence-corrected chi connectivity index (χ2v) is 7.42. The van der Waals surface area contributed by atoms with Gasteiger partial charge in [0.2, 0.25) is 0 Å². The van der Waals surface area contributed by atoms with Crippen molar-refractivity contribution in [2.45, 2.75) is 6.42 Å². The standard InChI is InChI=1S/C13H23NO6P/c1-14(2,3)5-9-21(19)8-4-11(10-12(16)17)13(18)20-7-6-15/h10,15H,4-9H2,1-3H3/q+1/p+1/b11-10-. The van der Waals surface area contributed by atoms with E-state index in [-0.39, 0.29) is 31.4 Å². The van der Waals surface area contributed by atoms with Gasteiger partial charge < -0.3 is 19.4 Å². The fourth-order valence-corrected chi connectivity index (χ4v) is 2.92. The fraction of sp³-hybridized carbons (Fsp3) is 0.692. The number of carboxylic acids is 1. The average Bonchev–Trinajstić information content (AvgIpc) is 2.37. The summed E-state index contributed by atoms with van der Waals surface area (Å²) in [5, 5.41) is 17.3. The lowest BCUT2D eigenvalue weighted by Gasteiger charge is -2.21. The third kappa shape index (κ3) is 11.1. The number of aliphatic carboxylic acids is 1. The largest absolute Gasteiger partial charge is 0.478 e. The second-order valence-electron chi connectivity index (χ2n) is 5.56. The van der Waals surface area contributed by atoms with E-state index in [1.807, 2.05) is 21.1 Å². The molecule has 0 amide bonds. The van der Waals surface area contributed by atoms with Gasteiger partial charge in [-0.1, -0.05) is 4.57 Å². The minimum Gasteiger partial charge on any atom is -0.478 e. The van der Waals surface area contributed by atoms with Crippen molar-refractivity contribution < 1.29 is 33.6 Å². The summed E-state index contributed by atoms with van der Waals surface area (Å²) >= 11 is 0. The highest BCUT2D eigenvalue weighted by molar-refractivity contribution is 7.44. The SMILES string of the molecule is C[N+](C)(C)CC[P+](=O)CC/C(=C/C(=O)O)C(=O)OCCO. The Bertz CT molecular complexity index is 413. The minimum absolute atomic E-state index is 0.0375. The number of carboxylic acid groups (broad SMARTS) is 1. The lowest BCUT2D eigenvalue weighted by atomic mass is 10.2. The highest BCUT2D eigenvalue weighted by atomic mass is 31.1. The van der Waals surface area contributed by atoms with Crippen molar-refractivity contribution in [1.29, 1.82) is 0 Å². The molecule has 120 valence electrons. The quantitative estimate of drug-likeness (QED) is 0.262. The molecule has 0 radical (unpaired) electrons. The summed E-state index contributed by atoms with van der Waals surface area (Å²) in [4.78, 5) is 22.3. The van der Waals surface area contributed by atoms with Crippen molar-refractivity contribution in [1.82, 2.24) is 0 Å². The Balaban J connectivity index is 4.46. The summed E-state index contributed by atoms with van der Waals surface area (Å²) in [6.07, 6.45) is 1.61. The van der Waals surface area contributed by atoms with Crippen LogP contribution in [-0.4, -0.2) is 79.9 Å². The predicted molar refractivity (Wildman–Crippen MR) is 78.6 cm³/mol. The Kier molecular flexibility index (Phi) is 9.01. The van der Waals surface area contributed by atoms with Crippen LogP contribution >= 0.6 is 7.80 Å². The molecule has 0 saturated heterocycles. The van der Waals surface area contributed by atoms with E-state index >= 15 is 0 Å². The van der Waals surface area contributed by atoms with Crippen LogP contribution in [0.4, 0.5) is 0 Å². The first kappa shape index (κ1) is 19.7. The molecule has 0 aliphatic heterocycles. The van der Waals surface area contributed by atoms with Crippen LogP contribution in [0.2, 0.25) is 0 Å². The lowest BCUT2D eigenvalue weighted by Crippen LogP contribution is -2.36. The number of esters is 1. The van der Waals surface area contributed by atoms with Crippen molar-refractivity contribution in [2.75, 3.05) is 53.2 Å². The van der Waals surface area contributed by atoms with Gasteiger partial charge in [0.25, 0.3) is 0 Å². The Morgan fingerprint density at radius 2 is 1.86 bits per heavy atom. The number of carbonyl (C=O) groups excluding carboxylic acids is 1. The van der Waals surface area contributed by atoms with Crippen LogP contribution in [0.3, 0.4) is 0 Å². The first-order chi connectivity index (χ1) is 9.65. The zero-order chi connectivity index (χ0) is 16.5. The number of quaternary nitrogens is 1. The molecule has 0 aromatic carbocycles. The summed E-state index contributed by atoms with van der Waals surface area (Å²) in [5.41, 5.74) is -0.0375. The smallest absolute Gasteiger partial charge is 0.344 e. The monoisotopic (exact) mass is 321 g/mol. The van der Waals surface area contributed by atoms with Gasteiger partial charge in [0.1, 0.15) is 13.2 Å². The molecule has 0 aromatic rings. The van der Waals surface area contributed by atoms with Gasteiger partial charge in [0, 0.05) is 18.1 Å². The Morgan fingerprint density at radius 3 is 2.33 bits per heavy atom. The minimum atomic E-state index is -1.50. The zero-order valence-corrected chi connectivity index (χ0v) is 13.6. The molecule has 1 atom stereocenters. The van der Waals surface area contributed by atoms with Gasteiger partial charge in [-0.25, -0.2) is 9.59 Å². The van der Waals surface area contributed by atoms with Crippen LogP contribution in [0.1, 0.15) is 6.42 Å². The maximum atomic E-state index is 11.9. The highest BCUT2D eigenvalue weighted by Gasteiger charge is 2.23. The molecule has 2 N–H and O–H groups in total. The van der Waals surface area contributed by atoms with Crippen molar-refractivity contribution >= 4 is 19.7 Å². The summed E-state index contributed by atoms with van der Waals surface area (Å²) in [5.74, 6) is -2.05. The van der Waals surface area contributed by atoms with E-state index in [1.165, 1.54) is 0 Å². The van der Waals surface area contributed by atoms with Gasteiger partial charge in [-0.15, -0.1) is 0 Å². The number of carbonyl (C=O) groups is 2. The third-order valence-corrected chi connectivity index (χ3v) is 3.96. The van der Waals surface area contributed by atoms with E-state index in [1.54, 1.807) is 0 Å². The molecular formula is C13H24NO6P+2. The number of hydrogen-bond acceptors (Lipinski definition) is 5. The van der Waals surface area contributed by atoms with Gasteiger partial charge in [0.05, 0.1) is 27.7 Å². The van der Waals surface area contributed by atoms with E-state index in [2.05, 4.69) is 4.74 Å². The van der Waals surface area contributed by atoms with E-state index < -0.39 is 19.7 Å². The highest BCUT2D eigenvalue weighted by Crippen LogP contribution is 2.24. The summed E-state index contributed by atoms with van der Waals surface area (Å²) in [6.45, 7) is 0.218. The number of aliphatic hydroxyl groups is 1. The summed E-state index contributed by atoms with van der Waals surface area (Å²) in [7, 11) is 4.48. The molecule has 1 unspecified atom stereocenters. The van der Waals surface area contributed by atoms with Gasteiger partial charge >= 0.3 is 19.7 Å². The normalized spacial score (nSPS) is 13.0. The Morgan fingerprint density at radius 1 is 1.24 bits per heavy atom. The molecule has 7 nitrogen and oxygen atoms in total. The molecule has 0 heterocycles. The second kappa shape index (κ2) is 9.60. The van der Waals surface area contributed by atoms with Crippen LogP contribution in [0.25, 0.3) is 0 Å². The average molecular weight is 321 g/mol. The third-order valence-electron chi connectivity index (χ3n) is 2.54. The van der Waals surface area contributed by atoms with Crippen LogP contribution in [0.5, 0.6) is 0 Å². The van der Waals surface area contributed by atoms with Crippen LogP contribution < -0.4 is 0 Å². The molecule has 0 spiro atoms.